The van der Waals surface area contributed by atoms with Crippen LogP contribution >= 0.6 is 23.2 Å². The van der Waals surface area contributed by atoms with Crippen LogP contribution in [0.2, 0.25) is 10.0 Å². The normalized spacial score (nSPS) is 11.5. The monoisotopic (exact) mass is 430 g/mol. The minimum absolute atomic E-state index is 0.142. The lowest BCUT2D eigenvalue weighted by molar-refractivity contribution is -0.131. The Morgan fingerprint density at radius 3 is 2.34 bits per heavy atom. The largest absolute Gasteiger partial charge is 0.427 e. The van der Waals surface area contributed by atoms with E-state index in [9.17, 15) is 19.6 Å². The molecule has 0 saturated heterocycles. The molecule has 0 spiro atoms. The second kappa shape index (κ2) is 8.31. The lowest BCUT2D eigenvalue weighted by atomic mass is 9.92. The van der Waals surface area contributed by atoms with Crippen molar-refractivity contribution in [3.8, 4) is 17.5 Å². The lowest BCUT2D eigenvalue weighted by Gasteiger charge is -2.16. The first-order valence-corrected chi connectivity index (χ1v) is 8.91. The highest BCUT2D eigenvalue weighted by atomic mass is 35.5. The van der Waals surface area contributed by atoms with E-state index in [-0.39, 0.29) is 15.7 Å². The summed E-state index contributed by atoms with van der Waals surface area (Å²) in [4.78, 5) is 36.2. The molecule has 0 amide bonds. The number of aromatic amines is 1. The number of H-pyrrole nitrogens is 1. The van der Waals surface area contributed by atoms with E-state index in [1.54, 1.807) is 24.3 Å². The van der Waals surface area contributed by atoms with Gasteiger partial charge in [-0.15, -0.1) is 0 Å². The van der Waals surface area contributed by atoms with Gasteiger partial charge in [-0.05, 0) is 29.8 Å². The minimum atomic E-state index is -0.810. The number of ether oxygens (including phenoxy) is 1. The van der Waals surface area contributed by atoms with Crippen molar-refractivity contribution < 1.29 is 9.53 Å². The third-order valence-electron chi connectivity index (χ3n) is 3.91. The highest BCUT2D eigenvalue weighted by molar-refractivity contribution is 6.36. The molecule has 3 rings (SSSR count). The Morgan fingerprint density at radius 2 is 1.83 bits per heavy atom. The van der Waals surface area contributed by atoms with Crippen molar-refractivity contribution in [3.63, 3.8) is 0 Å². The number of aromatic nitrogens is 3. The summed E-state index contributed by atoms with van der Waals surface area (Å²) in [7, 11) is 0. The van der Waals surface area contributed by atoms with Crippen molar-refractivity contribution in [2.75, 3.05) is 0 Å². The first-order chi connectivity index (χ1) is 13.8. The molecule has 0 aliphatic rings. The van der Waals surface area contributed by atoms with Crippen molar-refractivity contribution in [2.24, 2.45) is 0 Å². The molecule has 29 heavy (non-hydrogen) atoms. The van der Waals surface area contributed by atoms with Crippen LogP contribution in [0.4, 0.5) is 0 Å². The molecule has 1 atom stereocenters. The molecular formula is C19H12Cl2N4O4. The Bertz CT molecular complexity index is 1220. The number of hydrogen-bond donors (Lipinski definition) is 1. The molecule has 146 valence electrons. The molecule has 0 aliphatic heterocycles. The van der Waals surface area contributed by atoms with Crippen molar-refractivity contribution in [1.29, 1.82) is 5.26 Å². The molecule has 1 unspecified atom stereocenters. The SMILES string of the molecule is CC(=O)Oc1ccc(C(C#N)c2c(Cl)cc(-n3ncc(=O)[nH]c3=O)cc2Cl)cc1. The van der Waals surface area contributed by atoms with Crippen molar-refractivity contribution >= 4 is 29.2 Å². The molecule has 3 aromatic rings. The summed E-state index contributed by atoms with van der Waals surface area (Å²) in [5.74, 6) is -0.924. The van der Waals surface area contributed by atoms with Gasteiger partial charge in [0, 0.05) is 22.5 Å². The molecule has 2 aromatic carbocycles. The van der Waals surface area contributed by atoms with E-state index in [4.69, 9.17) is 27.9 Å². The number of esters is 1. The first-order valence-electron chi connectivity index (χ1n) is 8.16. The van der Waals surface area contributed by atoms with Crippen LogP contribution < -0.4 is 16.0 Å². The predicted molar refractivity (Wildman–Crippen MR) is 106 cm³/mol. The van der Waals surface area contributed by atoms with Gasteiger partial charge in [-0.1, -0.05) is 35.3 Å². The van der Waals surface area contributed by atoms with Crippen LogP contribution in [-0.4, -0.2) is 20.7 Å². The van der Waals surface area contributed by atoms with Gasteiger partial charge in [-0.3, -0.25) is 14.6 Å². The summed E-state index contributed by atoms with van der Waals surface area (Å²) in [6, 6.07) is 11.4. The zero-order chi connectivity index (χ0) is 21.1. The van der Waals surface area contributed by atoms with Crippen molar-refractivity contribution in [3.05, 3.63) is 84.6 Å². The van der Waals surface area contributed by atoms with Gasteiger partial charge in [0.15, 0.2) is 0 Å². The number of benzene rings is 2. The molecule has 0 aliphatic carbocycles. The highest BCUT2D eigenvalue weighted by Crippen LogP contribution is 2.37. The van der Waals surface area contributed by atoms with Crippen LogP contribution in [0.3, 0.4) is 0 Å². The zero-order valence-corrected chi connectivity index (χ0v) is 16.4. The average molecular weight is 431 g/mol. The maximum atomic E-state index is 11.9. The molecular weight excluding hydrogens is 419 g/mol. The van der Waals surface area contributed by atoms with E-state index >= 15 is 0 Å². The summed E-state index contributed by atoms with van der Waals surface area (Å²) >= 11 is 12.7. The van der Waals surface area contributed by atoms with Gasteiger partial charge in [0.1, 0.15) is 11.9 Å². The van der Waals surface area contributed by atoms with E-state index in [1.165, 1.54) is 19.1 Å². The maximum absolute atomic E-state index is 11.9. The summed E-state index contributed by atoms with van der Waals surface area (Å²) in [6.45, 7) is 1.29. The highest BCUT2D eigenvalue weighted by Gasteiger charge is 2.22. The van der Waals surface area contributed by atoms with Crippen molar-refractivity contribution in [2.45, 2.75) is 12.8 Å². The van der Waals surface area contributed by atoms with Gasteiger partial charge in [0.05, 0.1) is 17.7 Å². The van der Waals surface area contributed by atoms with E-state index in [0.29, 0.717) is 16.9 Å². The molecule has 1 heterocycles. The molecule has 0 fully saturated rings. The van der Waals surface area contributed by atoms with Crippen molar-refractivity contribution in [1.82, 2.24) is 14.8 Å². The number of hydrogen-bond acceptors (Lipinski definition) is 6. The summed E-state index contributed by atoms with van der Waals surface area (Å²) in [5, 5.41) is 13.7. The van der Waals surface area contributed by atoms with Crippen LogP contribution in [0.5, 0.6) is 5.75 Å². The predicted octanol–water partition coefficient (Wildman–Crippen LogP) is 2.81. The lowest BCUT2D eigenvalue weighted by Crippen LogP contribution is -2.30. The number of carbonyl (C=O) groups is 1. The molecule has 0 radical (unpaired) electrons. The van der Waals surface area contributed by atoms with E-state index in [1.807, 2.05) is 0 Å². The number of carbonyl (C=O) groups excluding carboxylic acids is 1. The Balaban J connectivity index is 2.03. The van der Waals surface area contributed by atoms with E-state index in [0.717, 1.165) is 10.9 Å². The molecule has 1 aromatic heterocycles. The standard InChI is InChI=1S/C19H12Cl2N4O4/c1-10(26)29-13-4-2-11(3-5-13)14(8-22)18-15(20)6-12(7-16(18)21)25-19(28)24-17(27)9-23-25/h2-7,9,14H,1H3,(H,24,27,28). The topological polar surface area (TPSA) is 118 Å². The van der Waals surface area contributed by atoms with Gasteiger partial charge in [0.2, 0.25) is 0 Å². The second-order valence-electron chi connectivity index (χ2n) is 5.90. The van der Waals surface area contributed by atoms with Gasteiger partial charge in [0.25, 0.3) is 5.56 Å². The Kier molecular flexibility index (Phi) is 5.82. The molecule has 0 saturated carbocycles. The van der Waals surface area contributed by atoms with Crippen LogP contribution in [0.1, 0.15) is 24.0 Å². The fraction of sp³-hybridized carbons (Fsp3) is 0.105. The smallest absolute Gasteiger partial charge is 0.349 e. The third-order valence-corrected chi connectivity index (χ3v) is 4.54. The number of rotatable bonds is 4. The number of nitrogens with zero attached hydrogens (tertiary/aromatic N) is 3. The second-order valence-corrected chi connectivity index (χ2v) is 6.71. The van der Waals surface area contributed by atoms with Crippen LogP contribution in [0.15, 0.2) is 52.2 Å². The van der Waals surface area contributed by atoms with E-state index in [2.05, 4.69) is 16.2 Å². The summed E-state index contributed by atoms with van der Waals surface area (Å²) < 4.78 is 5.91. The van der Waals surface area contributed by atoms with Crippen LogP contribution in [0.25, 0.3) is 5.69 Å². The number of nitrogens with one attached hydrogen (secondary N) is 1. The van der Waals surface area contributed by atoms with Crippen LogP contribution in [-0.2, 0) is 4.79 Å². The number of halogens is 2. The fourth-order valence-electron chi connectivity index (χ4n) is 2.71. The van der Waals surface area contributed by atoms with Gasteiger partial charge in [-0.2, -0.15) is 15.0 Å². The van der Waals surface area contributed by atoms with Gasteiger partial charge in [-0.25, -0.2) is 4.79 Å². The van der Waals surface area contributed by atoms with Gasteiger partial charge < -0.3 is 4.74 Å². The third kappa shape index (κ3) is 4.37. The summed E-state index contributed by atoms with van der Waals surface area (Å²) in [6.07, 6.45) is 0.944. The average Bonchev–Trinajstić information content (AvgIpc) is 2.65. The molecule has 10 heteroatoms. The molecule has 8 nitrogen and oxygen atoms in total. The zero-order valence-electron chi connectivity index (χ0n) is 14.8. The molecule has 0 bridgehead atoms. The summed E-state index contributed by atoms with van der Waals surface area (Å²) in [5.41, 5.74) is -0.236. The van der Waals surface area contributed by atoms with Gasteiger partial charge >= 0.3 is 11.7 Å². The Morgan fingerprint density at radius 1 is 1.21 bits per heavy atom. The Labute approximate surface area is 173 Å². The maximum Gasteiger partial charge on any atom is 0.349 e. The first kappa shape index (κ1) is 20.3. The van der Waals surface area contributed by atoms with E-state index < -0.39 is 23.1 Å². The molecule has 1 N–H and O–H groups in total. The van der Waals surface area contributed by atoms with Crippen LogP contribution in [0, 0.1) is 11.3 Å². The fourth-order valence-corrected chi connectivity index (χ4v) is 3.40. The quantitative estimate of drug-likeness (QED) is 0.502. The minimum Gasteiger partial charge on any atom is -0.427 e. The Hall–Kier alpha value is -3.41. The number of nitriles is 1.